The fourth-order valence-electron chi connectivity index (χ4n) is 0.662. The molecule has 1 heteroatoms. The van der Waals surface area contributed by atoms with Crippen molar-refractivity contribution in [3.8, 4) is 0 Å². The summed E-state index contributed by atoms with van der Waals surface area (Å²) in [6.07, 6.45) is 8.92. The second kappa shape index (κ2) is 7.99. The Labute approximate surface area is 75.2 Å². The predicted octanol–water partition coefficient (Wildman–Crippen LogP) is 3.36. The third-order valence-corrected chi connectivity index (χ3v) is 1.32. The standard InChI is InChI=1S/C6H7N.C5H10/c1-6-2-4-7-5-3-6;1-3-5-4-2/h2-5H,1H3;3,5H,4H2,1-2H3/b;5-3+. The smallest absolute Gasteiger partial charge is 0.0270 e. The van der Waals surface area contributed by atoms with E-state index in [0.29, 0.717) is 0 Å². The van der Waals surface area contributed by atoms with Crippen LogP contribution in [0.25, 0.3) is 0 Å². The molecule has 0 saturated carbocycles. The molecular formula is C11H17N. The van der Waals surface area contributed by atoms with Crippen molar-refractivity contribution in [3.63, 3.8) is 0 Å². The second-order valence-corrected chi connectivity index (χ2v) is 2.50. The first kappa shape index (κ1) is 10.9. The van der Waals surface area contributed by atoms with Crippen molar-refractivity contribution in [1.29, 1.82) is 0 Å². The summed E-state index contributed by atoms with van der Waals surface area (Å²) in [6, 6.07) is 3.94. The van der Waals surface area contributed by atoms with Crippen LogP contribution in [0.5, 0.6) is 0 Å². The maximum atomic E-state index is 3.85. The molecule has 0 atom stereocenters. The summed E-state index contributed by atoms with van der Waals surface area (Å²) < 4.78 is 0. The average molecular weight is 163 g/mol. The molecule has 0 bridgehead atoms. The number of pyridine rings is 1. The van der Waals surface area contributed by atoms with Crippen LogP contribution in [-0.4, -0.2) is 4.98 Å². The van der Waals surface area contributed by atoms with E-state index in [4.69, 9.17) is 0 Å². The van der Waals surface area contributed by atoms with Crippen LogP contribution >= 0.6 is 0 Å². The molecule has 1 heterocycles. The van der Waals surface area contributed by atoms with Crippen molar-refractivity contribution in [2.24, 2.45) is 0 Å². The Morgan fingerprint density at radius 2 is 1.92 bits per heavy atom. The highest BCUT2D eigenvalue weighted by atomic mass is 14.6. The van der Waals surface area contributed by atoms with Crippen LogP contribution in [0, 0.1) is 6.92 Å². The lowest BCUT2D eigenvalue weighted by Crippen LogP contribution is -1.68. The topological polar surface area (TPSA) is 12.9 Å². The number of nitrogens with zero attached hydrogens (tertiary/aromatic N) is 1. The van der Waals surface area contributed by atoms with Crippen molar-refractivity contribution in [1.82, 2.24) is 4.98 Å². The maximum Gasteiger partial charge on any atom is 0.0270 e. The summed E-state index contributed by atoms with van der Waals surface area (Å²) in [7, 11) is 0. The number of rotatable bonds is 1. The molecule has 0 aliphatic rings. The molecule has 0 aromatic carbocycles. The third kappa shape index (κ3) is 7.00. The highest BCUT2D eigenvalue weighted by Crippen LogP contribution is 1.88. The Kier molecular flexibility index (Phi) is 7.25. The van der Waals surface area contributed by atoms with Gasteiger partial charge in [-0.25, -0.2) is 0 Å². The van der Waals surface area contributed by atoms with Gasteiger partial charge in [0.2, 0.25) is 0 Å². The molecule has 0 aliphatic heterocycles. The molecule has 0 aliphatic carbocycles. The largest absolute Gasteiger partial charge is 0.265 e. The van der Waals surface area contributed by atoms with Crippen LogP contribution in [0.15, 0.2) is 36.7 Å². The van der Waals surface area contributed by atoms with Gasteiger partial charge in [0.1, 0.15) is 0 Å². The van der Waals surface area contributed by atoms with E-state index in [1.165, 1.54) is 5.56 Å². The first-order valence-electron chi connectivity index (χ1n) is 4.29. The molecule has 1 rings (SSSR count). The predicted molar refractivity (Wildman–Crippen MR) is 54.1 cm³/mol. The Morgan fingerprint density at radius 3 is 2.08 bits per heavy atom. The van der Waals surface area contributed by atoms with E-state index in [1.807, 2.05) is 26.0 Å². The van der Waals surface area contributed by atoms with Gasteiger partial charge in [-0.2, -0.15) is 0 Å². The first-order chi connectivity index (χ1) is 5.81. The van der Waals surface area contributed by atoms with Crippen molar-refractivity contribution in [2.75, 3.05) is 0 Å². The summed E-state index contributed by atoms with van der Waals surface area (Å²) >= 11 is 0. The molecular weight excluding hydrogens is 146 g/mol. The molecule has 0 radical (unpaired) electrons. The minimum Gasteiger partial charge on any atom is -0.265 e. The van der Waals surface area contributed by atoms with Crippen LogP contribution in [0.4, 0.5) is 0 Å². The second-order valence-electron chi connectivity index (χ2n) is 2.50. The molecule has 1 aromatic heterocycles. The zero-order chi connectivity index (χ0) is 9.23. The van der Waals surface area contributed by atoms with E-state index < -0.39 is 0 Å². The maximum absolute atomic E-state index is 3.85. The SMILES string of the molecule is C/C=C/CC.Cc1ccncc1. The van der Waals surface area contributed by atoms with Gasteiger partial charge in [0, 0.05) is 12.4 Å². The van der Waals surface area contributed by atoms with Gasteiger partial charge < -0.3 is 0 Å². The summed E-state index contributed by atoms with van der Waals surface area (Å²) in [6.45, 7) is 6.20. The van der Waals surface area contributed by atoms with E-state index in [9.17, 15) is 0 Å². The van der Waals surface area contributed by atoms with Gasteiger partial charge in [-0.1, -0.05) is 19.1 Å². The Hall–Kier alpha value is -1.11. The highest BCUT2D eigenvalue weighted by Gasteiger charge is 1.72. The van der Waals surface area contributed by atoms with E-state index in [2.05, 4.69) is 24.1 Å². The summed E-state index contributed by atoms with van der Waals surface area (Å²) in [5, 5.41) is 0. The van der Waals surface area contributed by atoms with E-state index in [0.717, 1.165) is 6.42 Å². The van der Waals surface area contributed by atoms with Gasteiger partial charge in [0.05, 0.1) is 0 Å². The van der Waals surface area contributed by atoms with Gasteiger partial charge in [-0.15, -0.1) is 0 Å². The van der Waals surface area contributed by atoms with E-state index in [-0.39, 0.29) is 0 Å². The van der Waals surface area contributed by atoms with Crippen molar-refractivity contribution in [2.45, 2.75) is 27.2 Å². The van der Waals surface area contributed by atoms with Gasteiger partial charge in [-0.3, -0.25) is 4.98 Å². The van der Waals surface area contributed by atoms with Crippen LogP contribution < -0.4 is 0 Å². The Balaban J connectivity index is 0.000000217. The first-order valence-corrected chi connectivity index (χ1v) is 4.29. The van der Waals surface area contributed by atoms with Gasteiger partial charge >= 0.3 is 0 Å². The minimum atomic E-state index is 1.16. The van der Waals surface area contributed by atoms with Gasteiger partial charge in [0.15, 0.2) is 0 Å². The molecule has 0 fully saturated rings. The number of aromatic nitrogens is 1. The van der Waals surface area contributed by atoms with E-state index in [1.54, 1.807) is 12.4 Å². The number of hydrogen-bond acceptors (Lipinski definition) is 1. The van der Waals surface area contributed by atoms with Crippen molar-refractivity contribution < 1.29 is 0 Å². The van der Waals surface area contributed by atoms with Crippen LogP contribution in [-0.2, 0) is 0 Å². The Morgan fingerprint density at radius 1 is 1.33 bits per heavy atom. The summed E-state index contributed by atoms with van der Waals surface area (Å²) in [4.78, 5) is 3.85. The zero-order valence-corrected chi connectivity index (χ0v) is 8.12. The molecule has 1 aromatic rings. The van der Waals surface area contributed by atoms with E-state index >= 15 is 0 Å². The average Bonchev–Trinajstić information content (AvgIpc) is 2.08. The van der Waals surface area contributed by atoms with Crippen molar-refractivity contribution in [3.05, 3.63) is 42.2 Å². The summed E-state index contributed by atoms with van der Waals surface area (Å²) in [5.41, 5.74) is 1.26. The molecule has 0 unspecified atom stereocenters. The molecule has 0 spiro atoms. The number of aryl methyl sites for hydroxylation is 1. The normalized spacial score (nSPS) is 9.25. The molecule has 0 amide bonds. The third-order valence-electron chi connectivity index (χ3n) is 1.32. The fourth-order valence-corrected chi connectivity index (χ4v) is 0.662. The monoisotopic (exact) mass is 163 g/mol. The fraction of sp³-hybridized carbons (Fsp3) is 0.364. The molecule has 1 nitrogen and oxygen atoms in total. The quantitative estimate of drug-likeness (QED) is 0.578. The number of hydrogen-bond donors (Lipinski definition) is 0. The molecule has 0 N–H and O–H groups in total. The highest BCUT2D eigenvalue weighted by molar-refractivity contribution is 5.05. The Bertz CT molecular complexity index is 202. The lowest BCUT2D eigenvalue weighted by atomic mass is 10.3. The minimum absolute atomic E-state index is 1.16. The lowest BCUT2D eigenvalue weighted by Gasteiger charge is -1.82. The van der Waals surface area contributed by atoms with Gasteiger partial charge in [0.25, 0.3) is 0 Å². The van der Waals surface area contributed by atoms with Crippen LogP contribution in [0.1, 0.15) is 25.8 Å². The molecule has 12 heavy (non-hydrogen) atoms. The van der Waals surface area contributed by atoms with Crippen LogP contribution in [0.3, 0.4) is 0 Å². The number of allylic oxidation sites excluding steroid dienone is 2. The van der Waals surface area contributed by atoms with Gasteiger partial charge in [-0.05, 0) is 38.0 Å². The van der Waals surface area contributed by atoms with Crippen LogP contribution in [0.2, 0.25) is 0 Å². The molecule has 66 valence electrons. The summed E-state index contributed by atoms with van der Waals surface area (Å²) in [5.74, 6) is 0. The lowest BCUT2D eigenvalue weighted by molar-refractivity contribution is 1.22. The zero-order valence-electron chi connectivity index (χ0n) is 8.12. The molecule has 0 saturated heterocycles. The van der Waals surface area contributed by atoms with Crippen molar-refractivity contribution >= 4 is 0 Å².